The number of hydrogen-bond donors (Lipinski definition) is 1. The molecule has 2 fully saturated rings. The van der Waals surface area contributed by atoms with Gasteiger partial charge in [-0.1, -0.05) is 0 Å². The molecule has 4 nitrogen and oxygen atoms in total. The highest BCUT2D eigenvalue weighted by Gasteiger charge is 2.35. The van der Waals surface area contributed by atoms with E-state index in [1.807, 2.05) is 0 Å². The number of hydrogen-bond acceptors (Lipinski definition) is 4. The molecule has 0 aromatic heterocycles. The Morgan fingerprint density at radius 2 is 2.62 bits per heavy atom. The lowest BCUT2D eigenvalue weighted by molar-refractivity contribution is 0.120. The fourth-order valence-electron chi connectivity index (χ4n) is 2.18. The van der Waals surface area contributed by atoms with E-state index in [0.717, 1.165) is 13.1 Å². The Hall–Kier alpha value is -1.05. The van der Waals surface area contributed by atoms with Gasteiger partial charge in [0.2, 0.25) is 0 Å². The zero-order valence-corrected chi connectivity index (χ0v) is 7.71. The van der Waals surface area contributed by atoms with Crippen LogP contribution in [0.3, 0.4) is 0 Å². The van der Waals surface area contributed by atoms with Crippen molar-refractivity contribution in [3.63, 3.8) is 0 Å². The van der Waals surface area contributed by atoms with Gasteiger partial charge in [0.25, 0.3) is 0 Å². The Bertz CT molecular complexity index is 279. The van der Waals surface area contributed by atoms with Crippen LogP contribution in [-0.4, -0.2) is 31.6 Å². The highest BCUT2D eigenvalue weighted by atomic mass is 16.6. The van der Waals surface area contributed by atoms with Crippen molar-refractivity contribution in [2.75, 3.05) is 26.7 Å². The SMILES string of the molecule is CON/C(C#N)=C1/CN2CCC1C2. The quantitative estimate of drug-likeness (QED) is 0.487. The topological polar surface area (TPSA) is 48.3 Å². The molecule has 2 rings (SSSR count). The van der Waals surface area contributed by atoms with Gasteiger partial charge in [-0.2, -0.15) is 5.26 Å². The summed E-state index contributed by atoms with van der Waals surface area (Å²) in [4.78, 5) is 7.14. The average molecular weight is 179 g/mol. The maximum atomic E-state index is 8.88. The smallest absolute Gasteiger partial charge is 0.138 e. The maximum absolute atomic E-state index is 8.88. The van der Waals surface area contributed by atoms with Gasteiger partial charge in [0.1, 0.15) is 11.8 Å². The predicted octanol–water partition coefficient (Wildman–Crippen LogP) is 0.251. The number of rotatable bonds is 2. The molecule has 0 amide bonds. The lowest BCUT2D eigenvalue weighted by Crippen LogP contribution is -2.22. The van der Waals surface area contributed by atoms with Gasteiger partial charge in [-0.3, -0.25) is 15.2 Å². The fourth-order valence-corrected chi connectivity index (χ4v) is 2.18. The molecule has 0 aliphatic carbocycles. The second kappa shape index (κ2) is 3.36. The molecule has 4 heteroatoms. The molecule has 0 radical (unpaired) electrons. The van der Waals surface area contributed by atoms with E-state index in [9.17, 15) is 0 Å². The third kappa shape index (κ3) is 1.41. The van der Waals surface area contributed by atoms with Gasteiger partial charge in [0.15, 0.2) is 0 Å². The molecule has 0 aromatic rings. The van der Waals surface area contributed by atoms with Crippen LogP contribution in [0, 0.1) is 17.2 Å². The van der Waals surface area contributed by atoms with E-state index >= 15 is 0 Å². The van der Waals surface area contributed by atoms with Crippen molar-refractivity contribution in [2.45, 2.75) is 6.42 Å². The summed E-state index contributed by atoms with van der Waals surface area (Å²) in [5.74, 6) is 0.581. The highest BCUT2D eigenvalue weighted by Crippen LogP contribution is 2.33. The molecular weight excluding hydrogens is 166 g/mol. The molecular formula is C9H13N3O. The Balaban J connectivity index is 2.18. The van der Waals surface area contributed by atoms with E-state index in [2.05, 4.69) is 16.4 Å². The minimum atomic E-state index is 0.581. The molecule has 0 aromatic carbocycles. The normalized spacial score (nSPS) is 34.5. The first-order chi connectivity index (χ1) is 6.35. The van der Waals surface area contributed by atoms with Crippen molar-refractivity contribution in [3.8, 4) is 6.07 Å². The van der Waals surface area contributed by atoms with Crippen LogP contribution < -0.4 is 5.48 Å². The Kier molecular flexibility index (Phi) is 2.21. The van der Waals surface area contributed by atoms with Gasteiger partial charge in [-0.25, -0.2) is 0 Å². The number of nitrogens with zero attached hydrogens (tertiary/aromatic N) is 2. The van der Waals surface area contributed by atoms with Gasteiger partial charge < -0.3 is 0 Å². The van der Waals surface area contributed by atoms with Crippen molar-refractivity contribution in [3.05, 3.63) is 11.3 Å². The van der Waals surface area contributed by atoms with Crippen LogP contribution >= 0.6 is 0 Å². The summed E-state index contributed by atoms with van der Waals surface area (Å²) < 4.78 is 0. The summed E-state index contributed by atoms with van der Waals surface area (Å²) in [5, 5.41) is 8.88. The third-order valence-corrected chi connectivity index (χ3v) is 2.80. The third-order valence-electron chi connectivity index (χ3n) is 2.80. The standard InChI is InChI=1S/C9H13N3O/c1-13-11-9(4-10)8-6-12-3-2-7(8)5-12/h7,11H,2-3,5-6H2,1H3/b9-8-. The van der Waals surface area contributed by atoms with E-state index < -0.39 is 0 Å². The van der Waals surface area contributed by atoms with Gasteiger partial charge in [0.05, 0.1) is 7.11 Å². The number of allylic oxidation sites excluding steroid dienone is 1. The zero-order valence-electron chi connectivity index (χ0n) is 7.71. The van der Waals surface area contributed by atoms with Gasteiger partial charge >= 0.3 is 0 Å². The first-order valence-corrected chi connectivity index (χ1v) is 4.49. The van der Waals surface area contributed by atoms with Gasteiger partial charge in [-0.15, -0.1) is 0 Å². The van der Waals surface area contributed by atoms with Crippen molar-refractivity contribution in [1.82, 2.24) is 10.4 Å². The number of nitrogens with one attached hydrogen (secondary N) is 1. The van der Waals surface area contributed by atoms with Crippen LogP contribution in [0.2, 0.25) is 0 Å². The second-order valence-corrected chi connectivity index (χ2v) is 3.54. The molecule has 0 spiro atoms. The molecule has 2 aliphatic rings. The highest BCUT2D eigenvalue weighted by molar-refractivity contribution is 5.32. The Morgan fingerprint density at radius 3 is 3.08 bits per heavy atom. The summed E-state index contributed by atoms with van der Waals surface area (Å²) in [6.07, 6.45) is 1.19. The maximum Gasteiger partial charge on any atom is 0.138 e. The van der Waals surface area contributed by atoms with Crippen LogP contribution in [0.15, 0.2) is 11.3 Å². The molecule has 0 saturated carbocycles. The minimum absolute atomic E-state index is 0.581. The number of nitriles is 1. The molecule has 13 heavy (non-hydrogen) atoms. The molecule has 2 saturated heterocycles. The van der Waals surface area contributed by atoms with E-state index in [0.29, 0.717) is 11.6 Å². The summed E-state index contributed by atoms with van der Waals surface area (Å²) in [6, 6.07) is 2.15. The van der Waals surface area contributed by atoms with E-state index in [1.54, 1.807) is 0 Å². The molecule has 2 atom stereocenters. The molecule has 70 valence electrons. The molecule has 2 aliphatic heterocycles. The fraction of sp³-hybridized carbons (Fsp3) is 0.667. The van der Waals surface area contributed by atoms with Crippen LogP contribution in [0.4, 0.5) is 0 Å². The van der Waals surface area contributed by atoms with Crippen LogP contribution in [0.5, 0.6) is 0 Å². The first-order valence-electron chi connectivity index (χ1n) is 4.49. The van der Waals surface area contributed by atoms with Gasteiger partial charge in [-0.05, 0) is 24.5 Å². The average Bonchev–Trinajstić information content (AvgIpc) is 2.74. The van der Waals surface area contributed by atoms with Crippen molar-refractivity contribution < 1.29 is 4.84 Å². The van der Waals surface area contributed by atoms with E-state index in [1.165, 1.54) is 25.6 Å². The van der Waals surface area contributed by atoms with Crippen molar-refractivity contribution in [2.24, 2.45) is 5.92 Å². The van der Waals surface area contributed by atoms with Gasteiger partial charge in [0, 0.05) is 13.1 Å². The predicted molar refractivity (Wildman–Crippen MR) is 47.3 cm³/mol. The van der Waals surface area contributed by atoms with Crippen LogP contribution in [0.25, 0.3) is 0 Å². The molecule has 2 unspecified atom stereocenters. The number of fused-ring (bicyclic) bond motifs is 2. The van der Waals surface area contributed by atoms with E-state index in [-0.39, 0.29) is 0 Å². The minimum Gasteiger partial charge on any atom is -0.299 e. The second-order valence-electron chi connectivity index (χ2n) is 3.54. The summed E-state index contributed by atoms with van der Waals surface area (Å²) >= 11 is 0. The van der Waals surface area contributed by atoms with E-state index in [4.69, 9.17) is 10.1 Å². The molecule has 2 heterocycles. The Morgan fingerprint density at radius 1 is 1.77 bits per heavy atom. The van der Waals surface area contributed by atoms with Crippen molar-refractivity contribution in [1.29, 1.82) is 5.26 Å². The Labute approximate surface area is 77.7 Å². The van der Waals surface area contributed by atoms with Crippen molar-refractivity contribution >= 4 is 0 Å². The summed E-state index contributed by atoms with van der Waals surface area (Å²) in [7, 11) is 1.53. The summed E-state index contributed by atoms with van der Waals surface area (Å²) in [5.41, 5.74) is 4.48. The monoisotopic (exact) mass is 179 g/mol. The number of piperidine rings is 1. The molecule has 1 N–H and O–H groups in total. The number of hydroxylamine groups is 1. The molecule has 2 bridgehead atoms. The first kappa shape index (κ1) is 8.54. The summed E-state index contributed by atoms with van der Waals surface area (Å²) in [6.45, 7) is 3.23. The zero-order chi connectivity index (χ0) is 9.26. The lowest BCUT2D eigenvalue weighted by Gasteiger charge is -2.16. The largest absolute Gasteiger partial charge is 0.299 e. The van der Waals surface area contributed by atoms with Crippen LogP contribution in [-0.2, 0) is 4.84 Å². The lowest BCUT2D eigenvalue weighted by atomic mass is 9.98. The van der Waals surface area contributed by atoms with Crippen LogP contribution in [0.1, 0.15) is 6.42 Å².